The van der Waals surface area contributed by atoms with Gasteiger partial charge in [-0.15, -0.1) is 0 Å². The van der Waals surface area contributed by atoms with Gasteiger partial charge in [-0.2, -0.15) is 0 Å². The Labute approximate surface area is 140 Å². The molecule has 1 aliphatic heterocycles. The highest BCUT2D eigenvalue weighted by atomic mass is 32.2. The van der Waals surface area contributed by atoms with Crippen molar-refractivity contribution in [2.75, 3.05) is 6.54 Å². The number of nitrogens with one attached hydrogen (secondary N) is 2. The number of hydrogen-bond acceptors (Lipinski definition) is 4. The predicted molar refractivity (Wildman–Crippen MR) is 93.0 cm³/mol. The van der Waals surface area contributed by atoms with E-state index in [9.17, 15) is 13.2 Å². The zero-order valence-corrected chi connectivity index (χ0v) is 15.5. The van der Waals surface area contributed by atoms with Gasteiger partial charge in [0.1, 0.15) is 5.25 Å². The molecular formula is C17H32N2O3S. The van der Waals surface area contributed by atoms with Crippen molar-refractivity contribution >= 4 is 15.7 Å². The van der Waals surface area contributed by atoms with Crippen molar-refractivity contribution < 1.29 is 13.2 Å². The molecular weight excluding hydrogens is 312 g/mol. The van der Waals surface area contributed by atoms with E-state index in [1.165, 1.54) is 0 Å². The standard InChI is InChI=1S/C17H32N2O3S/c1-12(2)16(23(21,22)14-8-5-4-6-9-14)17(20)19-15-10-7-11-18-13(15)3/h12-16,18H,4-11H2,1-3H3,(H,19,20). The van der Waals surface area contributed by atoms with Crippen LogP contribution >= 0.6 is 0 Å². The number of piperidine rings is 1. The van der Waals surface area contributed by atoms with Gasteiger partial charge in [-0.25, -0.2) is 8.42 Å². The monoisotopic (exact) mass is 344 g/mol. The summed E-state index contributed by atoms with van der Waals surface area (Å²) in [5, 5.41) is 5.10. The third-order valence-corrected chi connectivity index (χ3v) is 8.19. The van der Waals surface area contributed by atoms with Gasteiger partial charge >= 0.3 is 0 Å². The SMILES string of the molecule is CC(C)C(C(=O)NC1CCCNC1C)S(=O)(=O)C1CCCCC1. The lowest BCUT2D eigenvalue weighted by molar-refractivity contribution is -0.122. The number of sulfone groups is 1. The predicted octanol–water partition coefficient (Wildman–Crippen LogP) is 2.02. The molecule has 0 bridgehead atoms. The maximum Gasteiger partial charge on any atom is 0.238 e. The summed E-state index contributed by atoms with van der Waals surface area (Å²) in [6.07, 6.45) is 6.36. The lowest BCUT2D eigenvalue weighted by atomic mass is 9.99. The molecule has 3 unspecified atom stereocenters. The topological polar surface area (TPSA) is 75.3 Å². The molecule has 1 amide bonds. The Morgan fingerprint density at radius 1 is 1.09 bits per heavy atom. The quantitative estimate of drug-likeness (QED) is 0.800. The van der Waals surface area contributed by atoms with Crippen LogP contribution in [0.5, 0.6) is 0 Å². The number of rotatable bonds is 5. The van der Waals surface area contributed by atoms with Crippen LogP contribution in [-0.4, -0.2) is 43.5 Å². The van der Waals surface area contributed by atoms with Gasteiger partial charge in [0, 0.05) is 12.1 Å². The Morgan fingerprint density at radius 2 is 1.74 bits per heavy atom. The summed E-state index contributed by atoms with van der Waals surface area (Å²) >= 11 is 0. The van der Waals surface area contributed by atoms with Gasteiger partial charge in [-0.3, -0.25) is 4.79 Å². The molecule has 1 heterocycles. The van der Waals surface area contributed by atoms with Crippen molar-refractivity contribution in [2.24, 2.45) is 5.92 Å². The van der Waals surface area contributed by atoms with Crippen LogP contribution < -0.4 is 10.6 Å². The lowest BCUT2D eigenvalue weighted by Crippen LogP contribution is -2.56. The van der Waals surface area contributed by atoms with Crippen LogP contribution in [0.25, 0.3) is 0 Å². The highest BCUT2D eigenvalue weighted by Crippen LogP contribution is 2.29. The van der Waals surface area contributed by atoms with Crippen LogP contribution in [0, 0.1) is 5.92 Å². The van der Waals surface area contributed by atoms with Crippen molar-refractivity contribution in [1.82, 2.24) is 10.6 Å². The van der Waals surface area contributed by atoms with Crippen molar-refractivity contribution in [3.8, 4) is 0 Å². The third-order valence-electron chi connectivity index (χ3n) is 5.32. The first-order valence-corrected chi connectivity index (χ1v) is 10.7. The van der Waals surface area contributed by atoms with Crippen molar-refractivity contribution in [2.45, 2.75) is 88.3 Å². The molecule has 1 saturated heterocycles. The van der Waals surface area contributed by atoms with Crippen LogP contribution in [0.4, 0.5) is 0 Å². The van der Waals surface area contributed by atoms with E-state index in [4.69, 9.17) is 0 Å². The molecule has 2 aliphatic rings. The summed E-state index contributed by atoms with van der Waals surface area (Å²) in [5.74, 6) is -0.500. The molecule has 0 radical (unpaired) electrons. The summed E-state index contributed by atoms with van der Waals surface area (Å²) < 4.78 is 26.0. The molecule has 2 fully saturated rings. The Balaban J connectivity index is 2.11. The van der Waals surface area contributed by atoms with Gasteiger partial charge in [0.2, 0.25) is 5.91 Å². The highest BCUT2D eigenvalue weighted by molar-refractivity contribution is 7.93. The second-order valence-corrected chi connectivity index (χ2v) is 9.87. The molecule has 0 aromatic carbocycles. The minimum atomic E-state index is -3.42. The molecule has 0 aromatic heterocycles. The first-order chi connectivity index (χ1) is 10.8. The molecule has 0 aromatic rings. The van der Waals surface area contributed by atoms with E-state index in [1.54, 1.807) is 0 Å². The summed E-state index contributed by atoms with van der Waals surface area (Å²) in [6, 6.07) is 0.219. The molecule has 134 valence electrons. The number of carbonyl (C=O) groups is 1. The lowest BCUT2D eigenvalue weighted by Gasteiger charge is -2.33. The molecule has 2 N–H and O–H groups in total. The second kappa shape index (κ2) is 7.97. The van der Waals surface area contributed by atoms with Gasteiger partial charge in [-0.05, 0) is 45.1 Å². The van der Waals surface area contributed by atoms with E-state index >= 15 is 0 Å². The van der Waals surface area contributed by atoms with Crippen LogP contribution in [0.3, 0.4) is 0 Å². The fourth-order valence-electron chi connectivity index (χ4n) is 3.94. The minimum Gasteiger partial charge on any atom is -0.351 e. The number of hydrogen-bond donors (Lipinski definition) is 2. The molecule has 5 nitrogen and oxygen atoms in total. The Morgan fingerprint density at radius 3 is 2.30 bits per heavy atom. The van der Waals surface area contributed by atoms with Crippen LogP contribution in [-0.2, 0) is 14.6 Å². The van der Waals surface area contributed by atoms with Gasteiger partial charge in [0.15, 0.2) is 9.84 Å². The molecule has 23 heavy (non-hydrogen) atoms. The summed E-state index contributed by atoms with van der Waals surface area (Å²) in [6.45, 7) is 6.69. The third kappa shape index (κ3) is 4.47. The van der Waals surface area contributed by atoms with E-state index < -0.39 is 15.1 Å². The van der Waals surface area contributed by atoms with Crippen molar-refractivity contribution in [3.05, 3.63) is 0 Å². The molecule has 0 spiro atoms. The fraction of sp³-hybridized carbons (Fsp3) is 0.941. The molecule has 1 aliphatic carbocycles. The average Bonchev–Trinajstić information content (AvgIpc) is 2.50. The molecule has 3 atom stereocenters. The Bertz CT molecular complexity index is 498. The van der Waals surface area contributed by atoms with Gasteiger partial charge in [0.25, 0.3) is 0 Å². The first kappa shape index (κ1) is 18.7. The van der Waals surface area contributed by atoms with Gasteiger partial charge in [0.05, 0.1) is 5.25 Å². The highest BCUT2D eigenvalue weighted by Gasteiger charge is 2.42. The van der Waals surface area contributed by atoms with E-state index in [-0.39, 0.29) is 29.2 Å². The summed E-state index contributed by atoms with van der Waals surface area (Å²) in [5.41, 5.74) is 0. The second-order valence-electron chi connectivity index (χ2n) is 7.51. The molecule has 2 rings (SSSR count). The van der Waals surface area contributed by atoms with E-state index in [1.807, 2.05) is 20.8 Å². The zero-order valence-electron chi connectivity index (χ0n) is 14.7. The van der Waals surface area contributed by atoms with Crippen LogP contribution in [0.1, 0.15) is 65.7 Å². The van der Waals surface area contributed by atoms with Crippen molar-refractivity contribution in [3.63, 3.8) is 0 Å². The van der Waals surface area contributed by atoms with Gasteiger partial charge in [-0.1, -0.05) is 33.1 Å². The Hall–Kier alpha value is -0.620. The normalized spacial score (nSPS) is 28.5. The van der Waals surface area contributed by atoms with E-state index in [2.05, 4.69) is 10.6 Å². The Kier molecular flexibility index (Phi) is 6.48. The summed E-state index contributed by atoms with van der Waals surface area (Å²) in [7, 11) is -3.42. The van der Waals surface area contributed by atoms with E-state index in [0.29, 0.717) is 12.8 Å². The number of amides is 1. The van der Waals surface area contributed by atoms with Gasteiger partial charge < -0.3 is 10.6 Å². The fourth-order valence-corrected chi connectivity index (χ4v) is 6.47. The van der Waals surface area contributed by atoms with Crippen LogP contribution in [0.15, 0.2) is 0 Å². The maximum absolute atomic E-state index is 13.0. The minimum absolute atomic E-state index is 0.0269. The average molecular weight is 345 g/mol. The number of carbonyl (C=O) groups excluding carboxylic acids is 1. The maximum atomic E-state index is 13.0. The zero-order chi connectivity index (χ0) is 17.0. The first-order valence-electron chi connectivity index (χ1n) is 9.10. The smallest absolute Gasteiger partial charge is 0.238 e. The largest absolute Gasteiger partial charge is 0.351 e. The molecule has 1 saturated carbocycles. The van der Waals surface area contributed by atoms with Crippen LogP contribution in [0.2, 0.25) is 0 Å². The summed E-state index contributed by atoms with van der Waals surface area (Å²) in [4.78, 5) is 12.8. The van der Waals surface area contributed by atoms with E-state index in [0.717, 1.165) is 38.6 Å². The van der Waals surface area contributed by atoms with Crippen molar-refractivity contribution in [1.29, 1.82) is 0 Å². The molecule has 6 heteroatoms.